The summed E-state index contributed by atoms with van der Waals surface area (Å²) in [6, 6.07) is 0. The molecule has 0 aliphatic carbocycles. The summed E-state index contributed by atoms with van der Waals surface area (Å²) in [5, 5.41) is 0. The second kappa shape index (κ2) is 9.31. The monoisotopic (exact) mass is 314 g/mol. The Morgan fingerprint density at radius 2 is 1.18 bits per heavy atom. The second-order valence-corrected chi connectivity index (χ2v) is 5.99. The van der Waals surface area contributed by atoms with Gasteiger partial charge in [-0.3, -0.25) is 0 Å². The lowest BCUT2D eigenvalue weighted by Crippen LogP contribution is -2.51. The van der Waals surface area contributed by atoms with Crippen LogP contribution in [0, 0.1) is 0 Å². The smallest absolute Gasteiger partial charge is 0.346 e. The Morgan fingerprint density at radius 1 is 0.864 bits per heavy atom. The van der Waals surface area contributed by atoms with Gasteiger partial charge in [-0.15, -0.1) is 13.2 Å². The number of rotatable bonds is 10. The highest BCUT2D eigenvalue weighted by molar-refractivity contribution is 6.29. The van der Waals surface area contributed by atoms with Gasteiger partial charge in [0.1, 0.15) is 0 Å². The molecular formula is C14H26N4O4. The Morgan fingerprint density at radius 3 is 1.45 bits per heavy atom. The van der Waals surface area contributed by atoms with Crippen LogP contribution in [0.3, 0.4) is 0 Å². The Labute approximate surface area is 131 Å². The fourth-order valence-corrected chi connectivity index (χ4v) is 1.33. The minimum atomic E-state index is -1.20. The first-order valence-corrected chi connectivity index (χ1v) is 6.81. The average Bonchev–Trinajstić information content (AvgIpc) is 2.37. The van der Waals surface area contributed by atoms with Crippen LogP contribution >= 0.6 is 0 Å². The normalized spacial score (nSPS) is 11.6. The van der Waals surface area contributed by atoms with E-state index in [1.165, 1.54) is 0 Å². The quantitative estimate of drug-likeness (QED) is 0.267. The molecule has 0 saturated heterocycles. The van der Waals surface area contributed by atoms with Crippen LogP contribution in [0.4, 0.5) is 0 Å². The Balaban J connectivity index is 4.01. The van der Waals surface area contributed by atoms with Crippen LogP contribution < -0.4 is 22.0 Å². The highest BCUT2D eigenvalue weighted by Gasteiger charge is 2.22. The highest BCUT2D eigenvalue weighted by Crippen LogP contribution is 2.07. The van der Waals surface area contributed by atoms with E-state index in [2.05, 4.69) is 44.9 Å². The fraction of sp³-hybridized carbons (Fsp3) is 0.571. The zero-order valence-electron chi connectivity index (χ0n) is 13.6. The SMILES string of the molecule is C=CCC(C)(C)NNOC(=O)C(=O)ONNC(C)(C)CC=C. The summed E-state index contributed by atoms with van der Waals surface area (Å²) in [6.45, 7) is 14.7. The molecule has 0 amide bonds. The van der Waals surface area contributed by atoms with Crippen molar-refractivity contribution in [3.05, 3.63) is 25.3 Å². The molecular weight excluding hydrogens is 288 g/mol. The van der Waals surface area contributed by atoms with Crippen LogP contribution in [0.2, 0.25) is 0 Å². The van der Waals surface area contributed by atoms with E-state index in [-0.39, 0.29) is 11.1 Å². The summed E-state index contributed by atoms with van der Waals surface area (Å²) in [6.07, 6.45) is 4.69. The zero-order valence-corrected chi connectivity index (χ0v) is 13.6. The third kappa shape index (κ3) is 9.24. The molecule has 0 heterocycles. The van der Waals surface area contributed by atoms with Crippen LogP contribution in [0.5, 0.6) is 0 Å². The molecule has 0 atom stereocenters. The molecule has 0 aliphatic rings. The first kappa shape index (κ1) is 20.3. The fourth-order valence-electron chi connectivity index (χ4n) is 1.33. The predicted molar refractivity (Wildman–Crippen MR) is 82.5 cm³/mol. The van der Waals surface area contributed by atoms with Crippen molar-refractivity contribution in [3.63, 3.8) is 0 Å². The van der Waals surface area contributed by atoms with Crippen molar-refractivity contribution in [1.29, 1.82) is 0 Å². The van der Waals surface area contributed by atoms with Gasteiger partial charge in [0, 0.05) is 11.1 Å². The number of carbonyl (C=O) groups is 2. The summed E-state index contributed by atoms with van der Waals surface area (Å²) >= 11 is 0. The molecule has 0 fully saturated rings. The van der Waals surface area contributed by atoms with Crippen molar-refractivity contribution in [3.8, 4) is 0 Å². The number of hydrazine groups is 2. The van der Waals surface area contributed by atoms with Crippen molar-refractivity contribution in [2.75, 3.05) is 0 Å². The molecule has 0 aromatic rings. The Hall–Kier alpha value is -1.74. The van der Waals surface area contributed by atoms with Gasteiger partial charge in [-0.05, 0) is 40.5 Å². The first-order chi connectivity index (χ1) is 10.1. The van der Waals surface area contributed by atoms with Crippen molar-refractivity contribution < 1.29 is 19.3 Å². The molecule has 8 heteroatoms. The predicted octanol–water partition coefficient (Wildman–Crippen LogP) is 0.801. The van der Waals surface area contributed by atoms with Crippen molar-refractivity contribution in [2.24, 2.45) is 0 Å². The van der Waals surface area contributed by atoms with Gasteiger partial charge in [0.05, 0.1) is 0 Å². The Kier molecular flexibility index (Phi) is 8.58. The summed E-state index contributed by atoms with van der Waals surface area (Å²) in [5.74, 6) is -2.39. The maximum atomic E-state index is 11.4. The lowest BCUT2D eigenvalue weighted by Gasteiger charge is -2.24. The van der Waals surface area contributed by atoms with Gasteiger partial charge >= 0.3 is 11.9 Å². The maximum absolute atomic E-state index is 11.4. The molecule has 0 saturated carbocycles. The van der Waals surface area contributed by atoms with Gasteiger partial charge in [-0.25, -0.2) is 20.4 Å². The number of hydrogen-bond donors (Lipinski definition) is 4. The zero-order chi connectivity index (χ0) is 17.2. The van der Waals surface area contributed by atoms with E-state index in [1.54, 1.807) is 12.2 Å². The third-order valence-electron chi connectivity index (χ3n) is 2.54. The first-order valence-electron chi connectivity index (χ1n) is 6.81. The van der Waals surface area contributed by atoms with Gasteiger partial charge in [0.2, 0.25) is 0 Å². The minimum Gasteiger partial charge on any atom is -0.346 e. The van der Waals surface area contributed by atoms with Crippen LogP contribution in [0.25, 0.3) is 0 Å². The molecule has 0 aromatic carbocycles. The van der Waals surface area contributed by atoms with Crippen LogP contribution in [0.1, 0.15) is 40.5 Å². The number of nitrogens with one attached hydrogen (secondary N) is 4. The molecule has 0 radical (unpaired) electrons. The van der Waals surface area contributed by atoms with Crippen molar-refractivity contribution in [2.45, 2.75) is 51.6 Å². The van der Waals surface area contributed by atoms with Gasteiger partial charge in [-0.1, -0.05) is 23.3 Å². The van der Waals surface area contributed by atoms with Gasteiger partial charge in [0.25, 0.3) is 0 Å². The molecule has 4 N–H and O–H groups in total. The van der Waals surface area contributed by atoms with E-state index in [9.17, 15) is 9.59 Å². The highest BCUT2D eigenvalue weighted by atomic mass is 16.8. The summed E-state index contributed by atoms with van der Waals surface area (Å²) < 4.78 is 0. The summed E-state index contributed by atoms with van der Waals surface area (Å²) in [5.41, 5.74) is 9.09. The van der Waals surface area contributed by atoms with Crippen molar-refractivity contribution in [1.82, 2.24) is 22.0 Å². The molecule has 0 bridgehead atoms. The van der Waals surface area contributed by atoms with E-state index in [4.69, 9.17) is 0 Å². The molecule has 0 aliphatic heterocycles. The van der Waals surface area contributed by atoms with Gasteiger partial charge in [0.15, 0.2) is 0 Å². The standard InChI is InChI=1S/C14H26N4O4/c1-7-9-13(3,4)15-17-21-11(19)12(20)22-18-16-14(5,6)10-8-2/h7-8,15-18H,1-2,9-10H2,3-6H3. The molecule has 126 valence electrons. The lowest BCUT2D eigenvalue weighted by atomic mass is 10.0. The van der Waals surface area contributed by atoms with Crippen LogP contribution in [-0.4, -0.2) is 23.0 Å². The van der Waals surface area contributed by atoms with E-state index in [1.807, 2.05) is 27.7 Å². The van der Waals surface area contributed by atoms with E-state index in [0.717, 1.165) is 0 Å². The summed E-state index contributed by atoms with van der Waals surface area (Å²) in [7, 11) is 0. The third-order valence-corrected chi connectivity index (χ3v) is 2.54. The van der Waals surface area contributed by atoms with Gasteiger partial charge < -0.3 is 9.68 Å². The maximum Gasteiger partial charge on any atom is 0.439 e. The molecule has 8 nitrogen and oxygen atoms in total. The molecule has 0 spiro atoms. The van der Waals surface area contributed by atoms with E-state index >= 15 is 0 Å². The molecule has 22 heavy (non-hydrogen) atoms. The van der Waals surface area contributed by atoms with Crippen LogP contribution in [0.15, 0.2) is 25.3 Å². The Bertz CT molecular complexity index is 370. The van der Waals surface area contributed by atoms with E-state index < -0.39 is 11.9 Å². The number of hydrogen-bond acceptors (Lipinski definition) is 8. The topological polar surface area (TPSA) is 101 Å². The lowest BCUT2D eigenvalue weighted by molar-refractivity contribution is -0.181. The van der Waals surface area contributed by atoms with Crippen LogP contribution in [-0.2, 0) is 19.3 Å². The van der Waals surface area contributed by atoms with E-state index in [0.29, 0.717) is 12.8 Å². The van der Waals surface area contributed by atoms with Crippen molar-refractivity contribution >= 4 is 11.9 Å². The summed E-state index contributed by atoms with van der Waals surface area (Å²) in [4.78, 5) is 31.8. The second-order valence-electron chi connectivity index (χ2n) is 5.99. The molecule has 0 rings (SSSR count). The average molecular weight is 314 g/mol. The largest absolute Gasteiger partial charge is 0.439 e. The molecule has 0 aromatic heterocycles. The molecule has 0 unspecified atom stereocenters. The van der Waals surface area contributed by atoms with Gasteiger partial charge in [-0.2, -0.15) is 0 Å². The minimum absolute atomic E-state index is 0.388. The number of carbonyl (C=O) groups excluding carboxylic acids is 2.